The van der Waals surface area contributed by atoms with Crippen molar-refractivity contribution >= 4 is 56.3 Å². The number of amides is 1. The Morgan fingerprint density at radius 3 is 2.43 bits per heavy atom. The summed E-state index contributed by atoms with van der Waals surface area (Å²) in [6, 6.07) is 11.6. The number of halogens is 1. The standard InChI is InChI=1S/C38H42ClN5O6S/c1-21-15-29-33(31(23-7-9-25(39)10-8-23)30(21)32(36(45)46)50-38(2,3)4)51-35(41-29)24-16-27-28(18-42(5)34(27)40-17-24)22-11-13-43(14-12-22)26-19-44(48,20-26)37(47)49-6/h7-10,15-18,22,26,32H,11-14,19-20H2,1-6H3,(H,45,46)/t26?,32-,44?/m0/s1. The molecule has 1 N–H and O–H groups in total. The van der Waals surface area contributed by atoms with E-state index in [0.717, 1.165) is 74.4 Å². The molecule has 7 rings (SSSR count). The van der Waals surface area contributed by atoms with Crippen LogP contribution >= 0.6 is 22.9 Å². The van der Waals surface area contributed by atoms with Crippen molar-refractivity contribution < 1.29 is 28.8 Å². The molecule has 0 spiro atoms. The van der Waals surface area contributed by atoms with Crippen LogP contribution in [0.25, 0.3) is 42.9 Å². The lowest BCUT2D eigenvalue weighted by Gasteiger charge is -2.53. The number of fused-ring (bicyclic) bond motifs is 2. The van der Waals surface area contributed by atoms with Crippen LogP contribution in [0.1, 0.15) is 62.3 Å². The van der Waals surface area contributed by atoms with Gasteiger partial charge in [-0.15, -0.1) is 11.3 Å². The molecule has 268 valence electrons. The number of aryl methyl sites for hydroxylation is 2. The van der Waals surface area contributed by atoms with Crippen LogP contribution in [0.15, 0.2) is 48.8 Å². The van der Waals surface area contributed by atoms with Crippen molar-refractivity contribution in [2.24, 2.45) is 7.05 Å². The van der Waals surface area contributed by atoms with E-state index in [0.29, 0.717) is 16.5 Å². The Morgan fingerprint density at radius 1 is 1.12 bits per heavy atom. The number of aromatic nitrogens is 3. The van der Waals surface area contributed by atoms with Crippen LogP contribution in [0, 0.1) is 12.1 Å². The summed E-state index contributed by atoms with van der Waals surface area (Å²) in [6.07, 6.45) is 3.99. The molecular weight excluding hydrogens is 690 g/mol. The third-order valence-corrected chi connectivity index (χ3v) is 11.5. The fraction of sp³-hybridized carbons (Fsp3) is 0.421. The summed E-state index contributed by atoms with van der Waals surface area (Å²) in [5, 5.41) is 25.5. The molecule has 2 fully saturated rings. The molecule has 5 aromatic rings. The van der Waals surface area contributed by atoms with Gasteiger partial charge in [-0.1, -0.05) is 23.7 Å². The molecule has 51 heavy (non-hydrogen) atoms. The lowest BCUT2D eigenvalue weighted by molar-refractivity contribution is -0.856. The number of piperidine rings is 1. The number of ether oxygens (including phenoxy) is 2. The first kappa shape index (κ1) is 35.5. The van der Waals surface area contributed by atoms with E-state index < -0.39 is 28.4 Å². The first-order valence-electron chi connectivity index (χ1n) is 17.1. The Hall–Kier alpha value is -3.91. The molecule has 1 atom stereocenters. The molecule has 0 aliphatic carbocycles. The van der Waals surface area contributed by atoms with Crippen molar-refractivity contribution in [3.63, 3.8) is 0 Å². The Balaban J connectivity index is 1.24. The minimum Gasteiger partial charge on any atom is -0.622 e. The van der Waals surface area contributed by atoms with E-state index in [4.69, 9.17) is 31.0 Å². The second-order valence-corrected chi connectivity index (χ2v) is 16.2. The molecule has 3 aromatic heterocycles. The highest BCUT2D eigenvalue weighted by Crippen LogP contribution is 2.45. The van der Waals surface area contributed by atoms with Gasteiger partial charge in [0.25, 0.3) is 0 Å². The fourth-order valence-electron chi connectivity index (χ4n) is 7.64. The topological polar surface area (TPSA) is 130 Å². The summed E-state index contributed by atoms with van der Waals surface area (Å²) in [7, 11) is 3.27. The van der Waals surface area contributed by atoms with Crippen LogP contribution in [0.3, 0.4) is 0 Å². The lowest BCUT2D eigenvalue weighted by atomic mass is 9.88. The summed E-state index contributed by atoms with van der Waals surface area (Å²) in [5.74, 6) is -0.738. The summed E-state index contributed by atoms with van der Waals surface area (Å²) in [6.45, 7) is 9.65. The normalized spacial score (nSPS) is 20.8. The zero-order valence-electron chi connectivity index (χ0n) is 29.6. The number of carbonyl (C=O) groups is 2. The number of methoxy groups -OCH3 is 1. The predicted octanol–water partition coefficient (Wildman–Crippen LogP) is 8.06. The van der Waals surface area contributed by atoms with Crippen molar-refractivity contribution in [3.8, 4) is 21.7 Å². The van der Waals surface area contributed by atoms with Gasteiger partial charge in [0.15, 0.2) is 6.10 Å². The average molecular weight is 732 g/mol. The highest BCUT2D eigenvalue weighted by Gasteiger charge is 2.48. The molecule has 0 unspecified atom stereocenters. The van der Waals surface area contributed by atoms with Gasteiger partial charge in [-0.05, 0) is 100 Å². The predicted molar refractivity (Wildman–Crippen MR) is 199 cm³/mol. The molecule has 0 radical (unpaired) electrons. The number of hydrogen-bond acceptors (Lipinski definition) is 9. The Kier molecular flexibility index (Phi) is 9.22. The third-order valence-electron chi connectivity index (χ3n) is 10.1. The second kappa shape index (κ2) is 13.3. The van der Waals surface area contributed by atoms with Gasteiger partial charge < -0.3 is 24.4 Å². The number of aliphatic carboxylic acids is 1. The number of thiazole rings is 1. The van der Waals surface area contributed by atoms with E-state index in [1.165, 1.54) is 24.0 Å². The van der Waals surface area contributed by atoms with Gasteiger partial charge in [0.05, 0.1) is 22.9 Å². The van der Waals surface area contributed by atoms with Crippen molar-refractivity contribution in [2.75, 3.05) is 33.3 Å². The Morgan fingerprint density at radius 2 is 1.80 bits per heavy atom. The number of benzene rings is 2. The number of pyridine rings is 1. The summed E-state index contributed by atoms with van der Waals surface area (Å²) >= 11 is 7.79. The van der Waals surface area contributed by atoms with Crippen LogP contribution in [-0.4, -0.2) is 86.2 Å². The molecule has 13 heteroatoms. The minimum atomic E-state index is -1.19. The van der Waals surface area contributed by atoms with Crippen LogP contribution in [-0.2, 0) is 21.3 Å². The average Bonchev–Trinajstić information content (AvgIpc) is 3.65. The maximum atomic E-state index is 12.7. The number of rotatable bonds is 7. The van der Waals surface area contributed by atoms with E-state index in [1.807, 2.05) is 59.1 Å². The molecule has 2 aliphatic heterocycles. The zero-order valence-corrected chi connectivity index (χ0v) is 31.2. The number of carboxylic acid groups (broad SMARTS) is 1. The van der Waals surface area contributed by atoms with Crippen molar-refractivity contribution in [1.29, 1.82) is 0 Å². The van der Waals surface area contributed by atoms with E-state index >= 15 is 0 Å². The minimum absolute atomic E-state index is 0.0927. The molecule has 2 aromatic carbocycles. The van der Waals surface area contributed by atoms with Crippen molar-refractivity contribution in [3.05, 3.63) is 75.7 Å². The SMILES string of the molecule is COC(=O)[N+]1([O-])CC(N2CCC(c3cn(C)c4ncc(-c5nc6cc(C)c([C@H](OC(C)(C)C)C(=O)O)c(-c7ccc(Cl)cc7)c6s5)cc34)CC2)C1. The summed E-state index contributed by atoms with van der Waals surface area (Å²) < 4.78 is 12.9. The second-order valence-electron chi connectivity index (χ2n) is 14.8. The van der Waals surface area contributed by atoms with Gasteiger partial charge in [0, 0.05) is 46.5 Å². The van der Waals surface area contributed by atoms with Gasteiger partial charge >= 0.3 is 12.1 Å². The summed E-state index contributed by atoms with van der Waals surface area (Å²) in [4.78, 5) is 36.9. The summed E-state index contributed by atoms with van der Waals surface area (Å²) in [5.41, 5.74) is 6.07. The van der Waals surface area contributed by atoms with E-state index in [1.54, 1.807) is 12.1 Å². The third kappa shape index (κ3) is 6.65. The molecule has 11 nitrogen and oxygen atoms in total. The van der Waals surface area contributed by atoms with E-state index in [9.17, 15) is 19.9 Å². The number of carboxylic acids is 1. The fourth-order valence-corrected chi connectivity index (χ4v) is 8.88. The molecule has 2 saturated heterocycles. The molecule has 0 bridgehead atoms. The van der Waals surface area contributed by atoms with Crippen LogP contribution in [0.2, 0.25) is 5.02 Å². The lowest BCUT2D eigenvalue weighted by Crippen LogP contribution is -2.70. The van der Waals surface area contributed by atoms with Crippen LogP contribution in [0.5, 0.6) is 0 Å². The zero-order chi connectivity index (χ0) is 36.4. The first-order valence-corrected chi connectivity index (χ1v) is 18.3. The van der Waals surface area contributed by atoms with Crippen LogP contribution in [0.4, 0.5) is 4.79 Å². The molecule has 1 amide bonds. The molecule has 2 aliphatic rings. The number of likely N-dealkylation sites (tertiary alicyclic amines) is 2. The number of nitrogens with zero attached hydrogens (tertiary/aromatic N) is 5. The van der Waals surface area contributed by atoms with E-state index in [2.05, 4.69) is 21.7 Å². The van der Waals surface area contributed by atoms with Gasteiger partial charge in [0.2, 0.25) is 0 Å². The number of carbonyl (C=O) groups excluding carboxylic acids is 1. The smallest absolute Gasteiger partial charge is 0.515 e. The quantitative estimate of drug-likeness (QED) is 0.131. The van der Waals surface area contributed by atoms with Crippen LogP contribution < -0.4 is 0 Å². The molecular formula is C38H42ClN5O6S. The largest absolute Gasteiger partial charge is 0.622 e. The highest BCUT2D eigenvalue weighted by molar-refractivity contribution is 7.22. The maximum absolute atomic E-state index is 12.7. The highest BCUT2D eigenvalue weighted by atomic mass is 35.5. The maximum Gasteiger partial charge on any atom is 0.515 e. The Labute approximate surface area is 305 Å². The van der Waals surface area contributed by atoms with Gasteiger partial charge in [-0.2, -0.15) is 4.79 Å². The van der Waals surface area contributed by atoms with Crippen molar-refractivity contribution in [2.45, 2.75) is 64.2 Å². The van der Waals surface area contributed by atoms with Crippen molar-refractivity contribution in [1.82, 2.24) is 19.4 Å². The van der Waals surface area contributed by atoms with Gasteiger partial charge in [0.1, 0.15) is 29.8 Å². The van der Waals surface area contributed by atoms with Gasteiger partial charge in [-0.3, -0.25) is 9.55 Å². The molecule has 0 saturated carbocycles. The molecule has 5 heterocycles. The number of quaternary nitrogens is 1. The number of hydrogen-bond donors (Lipinski definition) is 1. The first-order chi connectivity index (χ1) is 24.2. The van der Waals surface area contributed by atoms with E-state index in [-0.39, 0.29) is 19.1 Å². The monoisotopic (exact) mass is 731 g/mol. The Bertz CT molecular complexity index is 2140. The number of hydroxylamine groups is 3. The van der Waals surface area contributed by atoms with Gasteiger partial charge in [-0.25, -0.2) is 14.8 Å².